The SMILES string of the molecule is O=S(=O)(c1cccc(F)c1)N1CCC[C@@H](c2nnc(-c3cccnc3)o2)C1. The van der Waals surface area contributed by atoms with Crippen molar-refractivity contribution >= 4 is 10.0 Å². The predicted octanol–water partition coefficient (Wildman–Crippen LogP) is 2.84. The Morgan fingerprint density at radius 2 is 2.07 bits per heavy atom. The Labute approximate surface area is 155 Å². The monoisotopic (exact) mass is 388 g/mol. The van der Waals surface area contributed by atoms with E-state index in [1.54, 1.807) is 18.5 Å². The van der Waals surface area contributed by atoms with Crippen molar-refractivity contribution < 1.29 is 17.2 Å². The van der Waals surface area contributed by atoms with Crippen LogP contribution in [0, 0.1) is 5.82 Å². The standard InChI is InChI=1S/C18H17FN4O3S/c19-15-6-1-7-16(10-15)27(24,25)23-9-3-5-14(12-23)18-22-21-17(26-18)13-4-2-8-20-11-13/h1-2,4,6-8,10-11,14H,3,5,9,12H2/t14-/m1/s1. The van der Waals surface area contributed by atoms with Crippen molar-refractivity contribution in [3.63, 3.8) is 0 Å². The topological polar surface area (TPSA) is 89.2 Å². The van der Waals surface area contributed by atoms with Gasteiger partial charge in [0.2, 0.25) is 21.8 Å². The Kier molecular flexibility index (Phi) is 4.71. The number of hydrogen-bond acceptors (Lipinski definition) is 6. The van der Waals surface area contributed by atoms with E-state index < -0.39 is 15.8 Å². The van der Waals surface area contributed by atoms with Gasteiger partial charge in [0.25, 0.3) is 0 Å². The van der Waals surface area contributed by atoms with Gasteiger partial charge in [-0.1, -0.05) is 6.07 Å². The van der Waals surface area contributed by atoms with Gasteiger partial charge in [-0.25, -0.2) is 12.8 Å². The zero-order valence-electron chi connectivity index (χ0n) is 14.3. The summed E-state index contributed by atoms with van der Waals surface area (Å²) in [5, 5.41) is 8.14. The number of aromatic nitrogens is 3. The Morgan fingerprint density at radius 3 is 2.85 bits per heavy atom. The lowest BCUT2D eigenvalue weighted by atomic mass is 10.00. The van der Waals surface area contributed by atoms with E-state index in [1.165, 1.54) is 22.5 Å². The summed E-state index contributed by atoms with van der Waals surface area (Å²) in [6, 6.07) is 8.62. The van der Waals surface area contributed by atoms with Crippen molar-refractivity contribution in [2.45, 2.75) is 23.7 Å². The molecule has 2 aromatic heterocycles. The van der Waals surface area contributed by atoms with E-state index in [9.17, 15) is 12.8 Å². The van der Waals surface area contributed by atoms with Crippen LogP contribution in [0.15, 0.2) is 58.1 Å². The lowest BCUT2D eigenvalue weighted by molar-refractivity contribution is 0.286. The molecule has 1 saturated heterocycles. The van der Waals surface area contributed by atoms with Crippen LogP contribution in [0.2, 0.25) is 0 Å². The van der Waals surface area contributed by atoms with Crippen LogP contribution in [-0.2, 0) is 10.0 Å². The summed E-state index contributed by atoms with van der Waals surface area (Å²) in [6.07, 6.45) is 4.67. The van der Waals surface area contributed by atoms with Gasteiger partial charge in [0.05, 0.1) is 16.4 Å². The van der Waals surface area contributed by atoms with Crippen LogP contribution >= 0.6 is 0 Å². The highest BCUT2D eigenvalue weighted by atomic mass is 32.2. The molecule has 3 heterocycles. The molecule has 1 atom stereocenters. The highest BCUT2D eigenvalue weighted by Gasteiger charge is 2.33. The maximum atomic E-state index is 13.4. The van der Waals surface area contributed by atoms with Crippen molar-refractivity contribution in [2.75, 3.05) is 13.1 Å². The molecule has 0 bridgehead atoms. The van der Waals surface area contributed by atoms with E-state index in [2.05, 4.69) is 15.2 Å². The molecule has 0 radical (unpaired) electrons. The number of piperidine rings is 1. The average Bonchev–Trinajstić information content (AvgIpc) is 3.19. The van der Waals surface area contributed by atoms with Crippen LogP contribution in [0.3, 0.4) is 0 Å². The molecule has 1 aliphatic heterocycles. The number of benzene rings is 1. The first-order valence-electron chi connectivity index (χ1n) is 8.53. The fraction of sp³-hybridized carbons (Fsp3) is 0.278. The van der Waals surface area contributed by atoms with Crippen LogP contribution in [0.4, 0.5) is 4.39 Å². The van der Waals surface area contributed by atoms with Crippen molar-refractivity contribution in [2.24, 2.45) is 0 Å². The second-order valence-electron chi connectivity index (χ2n) is 6.35. The van der Waals surface area contributed by atoms with E-state index in [0.29, 0.717) is 30.3 Å². The van der Waals surface area contributed by atoms with Gasteiger partial charge < -0.3 is 4.42 Å². The molecule has 1 aromatic carbocycles. The second kappa shape index (κ2) is 7.16. The molecule has 0 N–H and O–H groups in total. The van der Waals surface area contributed by atoms with E-state index in [0.717, 1.165) is 12.5 Å². The van der Waals surface area contributed by atoms with Crippen molar-refractivity contribution in [1.82, 2.24) is 19.5 Å². The fourth-order valence-corrected chi connectivity index (χ4v) is 4.70. The van der Waals surface area contributed by atoms with Gasteiger partial charge in [-0.2, -0.15) is 4.31 Å². The van der Waals surface area contributed by atoms with Crippen LogP contribution in [0.1, 0.15) is 24.7 Å². The lowest BCUT2D eigenvalue weighted by Gasteiger charge is -2.30. The van der Waals surface area contributed by atoms with Gasteiger partial charge >= 0.3 is 0 Å². The molecule has 7 nitrogen and oxygen atoms in total. The number of rotatable bonds is 4. The third-order valence-electron chi connectivity index (χ3n) is 4.52. The van der Waals surface area contributed by atoms with Crippen LogP contribution < -0.4 is 0 Å². The molecular weight excluding hydrogens is 371 g/mol. The average molecular weight is 388 g/mol. The van der Waals surface area contributed by atoms with Gasteiger partial charge in [-0.3, -0.25) is 4.98 Å². The second-order valence-corrected chi connectivity index (χ2v) is 8.28. The highest BCUT2D eigenvalue weighted by Crippen LogP contribution is 2.31. The molecular formula is C18H17FN4O3S. The maximum Gasteiger partial charge on any atom is 0.249 e. The summed E-state index contributed by atoms with van der Waals surface area (Å²) >= 11 is 0. The minimum Gasteiger partial charge on any atom is -0.420 e. The minimum absolute atomic E-state index is 0.0512. The number of halogens is 1. The Hall–Kier alpha value is -2.65. The summed E-state index contributed by atoms with van der Waals surface area (Å²) in [7, 11) is -3.78. The summed E-state index contributed by atoms with van der Waals surface area (Å²) in [5.41, 5.74) is 0.705. The first-order chi connectivity index (χ1) is 13.0. The van der Waals surface area contributed by atoms with E-state index in [1.807, 2.05) is 6.07 Å². The number of pyridine rings is 1. The van der Waals surface area contributed by atoms with Gasteiger partial charge in [0, 0.05) is 25.5 Å². The molecule has 0 saturated carbocycles. The zero-order valence-corrected chi connectivity index (χ0v) is 15.1. The summed E-state index contributed by atoms with van der Waals surface area (Å²) in [6.45, 7) is 0.590. The van der Waals surface area contributed by atoms with Gasteiger partial charge in [-0.15, -0.1) is 10.2 Å². The molecule has 0 unspecified atom stereocenters. The smallest absolute Gasteiger partial charge is 0.249 e. The number of hydrogen-bond donors (Lipinski definition) is 0. The first kappa shape index (κ1) is 17.7. The lowest BCUT2D eigenvalue weighted by Crippen LogP contribution is -2.39. The number of sulfonamides is 1. The van der Waals surface area contributed by atoms with Crippen LogP contribution in [0.25, 0.3) is 11.5 Å². The third-order valence-corrected chi connectivity index (χ3v) is 6.38. The molecule has 0 spiro atoms. The fourth-order valence-electron chi connectivity index (χ4n) is 3.14. The molecule has 140 valence electrons. The third kappa shape index (κ3) is 3.60. The van der Waals surface area contributed by atoms with Gasteiger partial charge in [0.1, 0.15) is 5.82 Å². The molecule has 1 fully saturated rings. The van der Waals surface area contributed by atoms with Crippen LogP contribution in [0.5, 0.6) is 0 Å². The Bertz CT molecular complexity index is 1040. The maximum absolute atomic E-state index is 13.4. The quantitative estimate of drug-likeness (QED) is 0.683. The van der Waals surface area contributed by atoms with Crippen molar-refractivity contribution in [1.29, 1.82) is 0 Å². The van der Waals surface area contributed by atoms with Crippen molar-refractivity contribution in [3.8, 4) is 11.5 Å². The molecule has 9 heteroatoms. The Morgan fingerprint density at radius 1 is 1.19 bits per heavy atom. The molecule has 4 rings (SSSR count). The normalized spacial score (nSPS) is 18.5. The predicted molar refractivity (Wildman–Crippen MR) is 94.7 cm³/mol. The summed E-state index contributed by atoms with van der Waals surface area (Å²) in [5.74, 6) is -0.0427. The first-order valence-corrected chi connectivity index (χ1v) is 9.97. The van der Waals surface area contributed by atoms with E-state index >= 15 is 0 Å². The van der Waals surface area contributed by atoms with E-state index in [-0.39, 0.29) is 17.4 Å². The van der Waals surface area contributed by atoms with Gasteiger partial charge in [0.15, 0.2) is 0 Å². The number of nitrogens with zero attached hydrogens (tertiary/aromatic N) is 4. The Balaban J connectivity index is 1.56. The summed E-state index contributed by atoms with van der Waals surface area (Å²) in [4.78, 5) is 3.97. The molecule has 1 aliphatic rings. The molecule has 0 amide bonds. The van der Waals surface area contributed by atoms with Crippen LogP contribution in [-0.4, -0.2) is 41.0 Å². The highest BCUT2D eigenvalue weighted by molar-refractivity contribution is 7.89. The largest absolute Gasteiger partial charge is 0.420 e. The molecule has 3 aromatic rings. The summed E-state index contributed by atoms with van der Waals surface area (Å²) < 4.78 is 46.2. The van der Waals surface area contributed by atoms with Gasteiger partial charge in [-0.05, 0) is 43.2 Å². The molecule has 27 heavy (non-hydrogen) atoms. The van der Waals surface area contributed by atoms with Crippen molar-refractivity contribution in [3.05, 3.63) is 60.5 Å². The molecule has 0 aliphatic carbocycles. The minimum atomic E-state index is -3.78. The zero-order chi connectivity index (χ0) is 18.9. The van der Waals surface area contributed by atoms with E-state index in [4.69, 9.17) is 4.42 Å².